The average Bonchev–Trinajstić information content (AvgIpc) is 2.88. The van der Waals surface area contributed by atoms with Crippen LogP contribution in [0.4, 0.5) is 0 Å². The Hall–Kier alpha value is -1.81. The highest BCUT2D eigenvalue weighted by Crippen LogP contribution is 2.36. The summed E-state index contributed by atoms with van der Waals surface area (Å²) in [5.74, 6) is 0. The van der Waals surface area contributed by atoms with Gasteiger partial charge in [-0.05, 0) is 30.9 Å². The molecule has 0 spiro atoms. The maximum atomic E-state index is 11.6. The van der Waals surface area contributed by atoms with Crippen LogP contribution in [0.15, 0.2) is 41.5 Å². The molecule has 0 aliphatic heterocycles. The summed E-state index contributed by atoms with van der Waals surface area (Å²) >= 11 is 0. The quantitative estimate of drug-likeness (QED) is 0.830. The Bertz CT molecular complexity index is 592. The zero-order valence-electron chi connectivity index (χ0n) is 9.52. The van der Waals surface area contributed by atoms with Crippen molar-refractivity contribution in [3.63, 3.8) is 0 Å². The van der Waals surface area contributed by atoms with Gasteiger partial charge in [-0.3, -0.25) is 4.57 Å². The number of aromatic amines is 1. The Labute approximate surface area is 99.1 Å². The Balaban J connectivity index is 2.04. The van der Waals surface area contributed by atoms with E-state index < -0.39 is 0 Å². The molecule has 17 heavy (non-hydrogen) atoms. The van der Waals surface area contributed by atoms with E-state index >= 15 is 0 Å². The van der Waals surface area contributed by atoms with Gasteiger partial charge in [0.1, 0.15) is 0 Å². The minimum Gasteiger partial charge on any atom is -0.325 e. The topological polar surface area (TPSA) is 63.8 Å². The number of imidazole rings is 1. The van der Waals surface area contributed by atoms with Crippen molar-refractivity contribution in [2.24, 2.45) is 5.73 Å². The molecule has 3 rings (SSSR count). The molecule has 0 atom stereocenters. The maximum absolute atomic E-state index is 11.6. The van der Waals surface area contributed by atoms with Gasteiger partial charge in [-0.15, -0.1) is 0 Å². The van der Waals surface area contributed by atoms with Crippen LogP contribution in [0, 0.1) is 0 Å². The number of nitrogens with zero attached hydrogens (tertiary/aromatic N) is 1. The second-order valence-corrected chi connectivity index (χ2v) is 4.80. The van der Waals surface area contributed by atoms with Crippen LogP contribution in [0.3, 0.4) is 0 Å². The molecule has 2 aromatic rings. The molecule has 3 N–H and O–H groups in total. The van der Waals surface area contributed by atoms with Gasteiger partial charge < -0.3 is 10.7 Å². The molecular weight excluding hydrogens is 214 g/mol. The normalized spacial score (nSPS) is 17.0. The zero-order valence-corrected chi connectivity index (χ0v) is 9.52. The lowest BCUT2D eigenvalue weighted by Crippen LogP contribution is -2.26. The molecule has 4 heteroatoms. The first-order chi connectivity index (χ1) is 8.18. The predicted molar refractivity (Wildman–Crippen MR) is 66.2 cm³/mol. The van der Waals surface area contributed by atoms with Crippen LogP contribution in [0.2, 0.25) is 0 Å². The molecule has 1 aromatic carbocycles. The second-order valence-electron chi connectivity index (χ2n) is 4.80. The summed E-state index contributed by atoms with van der Waals surface area (Å²) in [5.41, 5.74) is 8.05. The molecule has 1 aliphatic rings. The summed E-state index contributed by atoms with van der Waals surface area (Å²) in [6, 6.07) is 7.93. The number of nitrogens with one attached hydrogen (secondary N) is 1. The van der Waals surface area contributed by atoms with Crippen LogP contribution < -0.4 is 11.4 Å². The molecule has 0 unspecified atom stereocenters. The first kappa shape index (κ1) is 10.4. The average molecular weight is 229 g/mol. The van der Waals surface area contributed by atoms with Crippen LogP contribution >= 0.6 is 0 Å². The van der Waals surface area contributed by atoms with Crippen molar-refractivity contribution in [2.45, 2.75) is 24.8 Å². The fourth-order valence-electron chi connectivity index (χ4n) is 2.12. The van der Waals surface area contributed by atoms with E-state index in [4.69, 9.17) is 5.73 Å². The van der Waals surface area contributed by atoms with E-state index in [0.29, 0.717) is 0 Å². The highest BCUT2D eigenvalue weighted by atomic mass is 16.1. The van der Waals surface area contributed by atoms with Gasteiger partial charge >= 0.3 is 5.69 Å². The Kier molecular flexibility index (Phi) is 2.19. The van der Waals surface area contributed by atoms with Gasteiger partial charge in [0.2, 0.25) is 0 Å². The van der Waals surface area contributed by atoms with Crippen molar-refractivity contribution in [1.82, 2.24) is 9.55 Å². The van der Waals surface area contributed by atoms with Crippen LogP contribution in [0.25, 0.3) is 5.69 Å². The van der Waals surface area contributed by atoms with Crippen LogP contribution in [-0.2, 0) is 6.42 Å². The number of hydrogen-bond donors (Lipinski definition) is 2. The Morgan fingerprint density at radius 1 is 1.35 bits per heavy atom. The summed E-state index contributed by atoms with van der Waals surface area (Å²) in [6.45, 7) is 0. The molecule has 0 bridgehead atoms. The molecule has 4 nitrogen and oxygen atoms in total. The van der Waals surface area contributed by atoms with E-state index in [1.807, 2.05) is 24.3 Å². The van der Waals surface area contributed by atoms with Crippen molar-refractivity contribution in [1.29, 1.82) is 0 Å². The highest BCUT2D eigenvalue weighted by molar-refractivity contribution is 5.42. The van der Waals surface area contributed by atoms with Gasteiger partial charge in [0.25, 0.3) is 0 Å². The number of benzene rings is 1. The highest BCUT2D eigenvalue weighted by Gasteiger charge is 2.38. The van der Waals surface area contributed by atoms with E-state index in [1.54, 1.807) is 17.0 Å². The predicted octanol–water partition coefficient (Wildman–Crippen LogP) is 1.20. The molecule has 1 fully saturated rings. The van der Waals surface area contributed by atoms with Crippen molar-refractivity contribution in [3.05, 3.63) is 52.7 Å². The number of hydrogen-bond acceptors (Lipinski definition) is 2. The molecule has 0 amide bonds. The van der Waals surface area contributed by atoms with E-state index in [0.717, 1.165) is 30.5 Å². The Morgan fingerprint density at radius 3 is 2.76 bits per heavy atom. The van der Waals surface area contributed by atoms with E-state index in [2.05, 4.69) is 4.98 Å². The lowest BCUT2D eigenvalue weighted by Gasteiger charge is -2.13. The van der Waals surface area contributed by atoms with E-state index in [-0.39, 0.29) is 11.2 Å². The van der Waals surface area contributed by atoms with Gasteiger partial charge in [0, 0.05) is 17.9 Å². The Morgan fingerprint density at radius 2 is 2.12 bits per heavy atom. The minimum atomic E-state index is -0.112. The fraction of sp³-hybridized carbons (Fsp3) is 0.308. The molecule has 0 radical (unpaired) electrons. The first-order valence-corrected chi connectivity index (χ1v) is 5.81. The van der Waals surface area contributed by atoms with Gasteiger partial charge in [0.15, 0.2) is 0 Å². The van der Waals surface area contributed by atoms with Gasteiger partial charge in [-0.2, -0.15) is 0 Å². The first-order valence-electron chi connectivity index (χ1n) is 5.81. The number of nitrogens with two attached hydrogens (primary N) is 1. The molecular formula is C13H15N3O. The molecule has 88 valence electrons. The standard InChI is InChI=1S/C13H15N3O/c14-13(5-6-13)9-10-3-1-2-4-11(10)16-8-7-15-12(16)17/h1-4,7-8H,5-6,9,14H2,(H,15,17). The summed E-state index contributed by atoms with van der Waals surface area (Å²) in [4.78, 5) is 14.3. The van der Waals surface area contributed by atoms with Crippen molar-refractivity contribution < 1.29 is 0 Å². The van der Waals surface area contributed by atoms with Gasteiger partial charge in [-0.1, -0.05) is 18.2 Å². The van der Waals surface area contributed by atoms with E-state index in [9.17, 15) is 4.79 Å². The number of H-pyrrole nitrogens is 1. The molecule has 1 saturated carbocycles. The number of para-hydroxylation sites is 1. The van der Waals surface area contributed by atoms with Crippen LogP contribution in [0.1, 0.15) is 18.4 Å². The van der Waals surface area contributed by atoms with Gasteiger partial charge in [0.05, 0.1) is 5.69 Å². The SMILES string of the molecule is NC1(Cc2ccccc2-n2cc[nH]c2=O)CC1. The summed E-state index contributed by atoms with van der Waals surface area (Å²) < 4.78 is 1.63. The van der Waals surface area contributed by atoms with Crippen molar-refractivity contribution >= 4 is 0 Å². The number of rotatable bonds is 3. The molecule has 1 heterocycles. The second kappa shape index (κ2) is 3.60. The third-order valence-corrected chi connectivity index (χ3v) is 3.34. The maximum Gasteiger partial charge on any atom is 0.330 e. The molecule has 1 aromatic heterocycles. The summed E-state index contributed by atoms with van der Waals surface area (Å²) in [7, 11) is 0. The number of aromatic nitrogens is 2. The van der Waals surface area contributed by atoms with Crippen molar-refractivity contribution in [2.75, 3.05) is 0 Å². The minimum absolute atomic E-state index is 0.0456. The third kappa shape index (κ3) is 1.91. The lowest BCUT2D eigenvalue weighted by molar-refractivity contribution is 0.668. The summed E-state index contributed by atoms with van der Waals surface area (Å²) in [6.07, 6.45) is 6.37. The lowest BCUT2D eigenvalue weighted by atomic mass is 10.0. The zero-order chi connectivity index (χ0) is 11.9. The van der Waals surface area contributed by atoms with Crippen LogP contribution in [0.5, 0.6) is 0 Å². The fourth-order valence-corrected chi connectivity index (χ4v) is 2.12. The third-order valence-electron chi connectivity index (χ3n) is 3.34. The van der Waals surface area contributed by atoms with Gasteiger partial charge in [-0.25, -0.2) is 4.79 Å². The van der Waals surface area contributed by atoms with E-state index in [1.165, 1.54) is 0 Å². The molecule has 1 aliphatic carbocycles. The summed E-state index contributed by atoms with van der Waals surface area (Å²) in [5, 5.41) is 0. The largest absolute Gasteiger partial charge is 0.330 e. The monoisotopic (exact) mass is 229 g/mol. The van der Waals surface area contributed by atoms with Crippen LogP contribution in [-0.4, -0.2) is 15.1 Å². The smallest absolute Gasteiger partial charge is 0.325 e. The van der Waals surface area contributed by atoms with Crippen molar-refractivity contribution in [3.8, 4) is 5.69 Å². The molecule has 0 saturated heterocycles.